The average Bonchev–Trinajstić information content (AvgIpc) is 2.60. The lowest BCUT2D eigenvalue weighted by molar-refractivity contribution is -0.384. The Morgan fingerprint density at radius 1 is 1.37 bits per heavy atom. The largest absolute Gasteiger partial charge is 0.484 e. The minimum absolute atomic E-state index is 0. The number of benzene rings is 1. The molecule has 152 valence electrons. The second-order valence-electron chi connectivity index (χ2n) is 5.69. The molecule has 1 aromatic carbocycles. The molecule has 0 aliphatic carbocycles. The number of hydrogen-bond acceptors (Lipinski definition) is 6. The zero-order chi connectivity index (χ0) is 19.2. The molecular weight excluding hydrogens is 393 g/mol. The second kappa shape index (κ2) is 10.3. The Bertz CT molecular complexity index is 642. The van der Waals surface area contributed by atoms with Crippen molar-refractivity contribution in [1.29, 1.82) is 0 Å². The number of carbonyl (C=O) groups excluding carboxylic acids is 1. The number of alkyl halides is 3. The van der Waals surface area contributed by atoms with Gasteiger partial charge in [0.1, 0.15) is 11.8 Å². The van der Waals surface area contributed by atoms with Crippen molar-refractivity contribution in [1.82, 2.24) is 15.5 Å². The number of carbonyl (C=O) groups is 1. The van der Waals surface area contributed by atoms with Gasteiger partial charge in [-0.25, -0.2) is 0 Å². The summed E-state index contributed by atoms with van der Waals surface area (Å²) in [5.41, 5.74) is -0.209. The lowest BCUT2D eigenvalue weighted by Crippen LogP contribution is -2.57. The normalized spacial score (nSPS) is 16.1. The van der Waals surface area contributed by atoms with Crippen molar-refractivity contribution in [3.8, 4) is 5.75 Å². The molecule has 1 unspecified atom stereocenters. The van der Waals surface area contributed by atoms with Crippen molar-refractivity contribution >= 4 is 24.0 Å². The smallest absolute Gasteiger partial charge is 0.405 e. The molecule has 1 atom stereocenters. The molecule has 1 fully saturated rings. The molecule has 1 aliphatic rings. The summed E-state index contributed by atoms with van der Waals surface area (Å²) in [5.74, 6) is -0.648. The van der Waals surface area contributed by atoms with Gasteiger partial charge in [0.25, 0.3) is 11.6 Å². The monoisotopic (exact) mass is 412 g/mol. The minimum Gasteiger partial charge on any atom is -0.484 e. The van der Waals surface area contributed by atoms with E-state index in [1.54, 1.807) is 0 Å². The average molecular weight is 413 g/mol. The highest BCUT2D eigenvalue weighted by molar-refractivity contribution is 5.85. The van der Waals surface area contributed by atoms with Gasteiger partial charge in [0.05, 0.1) is 11.0 Å². The van der Waals surface area contributed by atoms with E-state index in [0.29, 0.717) is 13.1 Å². The van der Waals surface area contributed by atoms with Gasteiger partial charge in [0, 0.05) is 38.8 Å². The van der Waals surface area contributed by atoms with E-state index in [0.717, 1.165) is 6.07 Å². The van der Waals surface area contributed by atoms with Crippen molar-refractivity contribution in [2.45, 2.75) is 12.2 Å². The highest BCUT2D eigenvalue weighted by atomic mass is 35.5. The van der Waals surface area contributed by atoms with Crippen LogP contribution in [0.15, 0.2) is 24.3 Å². The lowest BCUT2D eigenvalue weighted by atomic mass is 10.2. The zero-order valence-electron chi connectivity index (χ0n) is 14.2. The molecule has 0 radical (unpaired) electrons. The van der Waals surface area contributed by atoms with Crippen molar-refractivity contribution in [3.63, 3.8) is 0 Å². The molecule has 0 saturated carbocycles. The fourth-order valence-electron chi connectivity index (χ4n) is 2.54. The molecule has 0 spiro atoms. The maximum absolute atomic E-state index is 13.2. The number of amides is 1. The number of ether oxygens (including phenoxy) is 1. The van der Waals surface area contributed by atoms with Crippen molar-refractivity contribution in [2.24, 2.45) is 0 Å². The number of hydrogen-bond donors (Lipinski definition) is 2. The summed E-state index contributed by atoms with van der Waals surface area (Å²) < 4.78 is 44.8. The number of nitro benzene ring substituents is 1. The first-order chi connectivity index (χ1) is 12.3. The Morgan fingerprint density at radius 2 is 2.04 bits per heavy atom. The zero-order valence-corrected chi connectivity index (χ0v) is 15.0. The number of nitrogens with zero attached hydrogens (tertiary/aromatic N) is 2. The van der Waals surface area contributed by atoms with Crippen molar-refractivity contribution < 1.29 is 27.6 Å². The van der Waals surface area contributed by atoms with E-state index in [1.165, 1.54) is 23.1 Å². The quantitative estimate of drug-likeness (QED) is 0.518. The topological polar surface area (TPSA) is 96.7 Å². The molecule has 1 heterocycles. The molecular formula is C15H20ClF3N4O4. The Kier molecular flexibility index (Phi) is 8.73. The van der Waals surface area contributed by atoms with E-state index in [9.17, 15) is 28.1 Å². The first-order valence-corrected chi connectivity index (χ1v) is 7.93. The van der Waals surface area contributed by atoms with Crippen LogP contribution in [0.3, 0.4) is 0 Å². The number of piperazine rings is 1. The van der Waals surface area contributed by atoms with Gasteiger partial charge in [-0.05, 0) is 6.07 Å². The number of nitrogens with one attached hydrogen (secondary N) is 2. The van der Waals surface area contributed by atoms with E-state index in [2.05, 4.69) is 10.6 Å². The molecule has 0 aromatic heterocycles. The van der Waals surface area contributed by atoms with Crippen molar-refractivity contribution in [3.05, 3.63) is 34.4 Å². The SMILES string of the molecule is Cl.O=C(COc1cccc([N+](=O)[O-])c1)NCC(N1CCNCC1)C(F)(F)F. The molecule has 1 aromatic rings. The molecule has 27 heavy (non-hydrogen) atoms. The predicted molar refractivity (Wildman–Crippen MR) is 93.1 cm³/mol. The Labute approximate surface area is 159 Å². The highest BCUT2D eigenvalue weighted by Crippen LogP contribution is 2.24. The number of nitro groups is 1. The van der Waals surface area contributed by atoms with Crippen LogP contribution < -0.4 is 15.4 Å². The van der Waals surface area contributed by atoms with E-state index >= 15 is 0 Å². The van der Waals surface area contributed by atoms with E-state index in [-0.39, 0.29) is 36.9 Å². The minimum atomic E-state index is -4.47. The van der Waals surface area contributed by atoms with E-state index in [4.69, 9.17) is 4.74 Å². The number of non-ortho nitro benzene ring substituents is 1. The Hall–Kier alpha value is -2.11. The van der Waals surface area contributed by atoms with Crippen LogP contribution in [0.5, 0.6) is 5.75 Å². The van der Waals surface area contributed by atoms with Crippen LogP contribution in [0.4, 0.5) is 18.9 Å². The summed E-state index contributed by atoms with van der Waals surface area (Å²) in [6.45, 7) is 0.273. The van der Waals surface area contributed by atoms with E-state index in [1.807, 2.05) is 0 Å². The standard InChI is InChI=1S/C15H19F3N4O4.ClH/c16-15(17,18)13(21-6-4-19-5-7-21)9-20-14(23)10-26-12-3-1-2-11(8-12)22(24)25;/h1-3,8,13,19H,4-7,9-10H2,(H,20,23);1H. The first kappa shape index (κ1) is 22.9. The summed E-state index contributed by atoms with van der Waals surface area (Å²) in [7, 11) is 0. The fraction of sp³-hybridized carbons (Fsp3) is 0.533. The maximum Gasteiger partial charge on any atom is 0.405 e. The summed E-state index contributed by atoms with van der Waals surface area (Å²) in [6, 6.07) is 3.42. The van der Waals surface area contributed by atoms with Gasteiger partial charge in [-0.1, -0.05) is 6.07 Å². The summed E-state index contributed by atoms with van der Waals surface area (Å²) in [4.78, 5) is 23.1. The van der Waals surface area contributed by atoms with Crippen LogP contribution in [0.25, 0.3) is 0 Å². The van der Waals surface area contributed by atoms with Gasteiger partial charge in [-0.15, -0.1) is 12.4 Å². The molecule has 8 nitrogen and oxygen atoms in total. The maximum atomic E-state index is 13.2. The Morgan fingerprint density at radius 3 is 2.63 bits per heavy atom. The van der Waals surface area contributed by atoms with Crippen LogP contribution in [-0.4, -0.2) is 67.3 Å². The number of halogens is 4. The molecule has 1 aliphatic heterocycles. The van der Waals surface area contributed by atoms with Crippen LogP contribution in [0.2, 0.25) is 0 Å². The highest BCUT2D eigenvalue weighted by Gasteiger charge is 2.43. The van der Waals surface area contributed by atoms with E-state index < -0.39 is 36.2 Å². The summed E-state index contributed by atoms with van der Waals surface area (Å²) in [5, 5.41) is 15.9. The van der Waals surface area contributed by atoms with Gasteiger partial charge in [0.15, 0.2) is 6.61 Å². The van der Waals surface area contributed by atoms with Gasteiger partial charge in [-0.3, -0.25) is 19.8 Å². The lowest BCUT2D eigenvalue weighted by Gasteiger charge is -2.35. The third kappa shape index (κ3) is 7.19. The molecule has 12 heteroatoms. The molecule has 1 saturated heterocycles. The van der Waals surface area contributed by atoms with Gasteiger partial charge >= 0.3 is 6.18 Å². The fourth-order valence-corrected chi connectivity index (χ4v) is 2.54. The third-order valence-corrected chi connectivity index (χ3v) is 3.86. The van der Waals surface area contributed by atoms with Crippen LogP contribution >= 0.6 is 12.4 Å². The summed E-state index contributed by atoms with van der Waals surface area (Å²) >= 11 is 0. The first-order valence-electron chi connectivity index (χ1n) is 7.93. The van der Waals surface area contributed by atoms with Crippen LogP contribution in [0.1, 0.15) is 0 Å². The number of rotatable bonds is 7. The van der Waals surface area contributed by atoms with Gasteiger partial charge in [-0.2, -0.15) is 13.2 Å². The molecule has 2 rings (SSSR count). The summed E-state index contributed by atoms with van der Waals surface area (Å²) in [6.07, 6.45) is -4.47. The third-order valence-electron chi connectivity index (χ3n) is 3.86. The molecule has 2 N–H and O–H groups in total. The van der Waals surface area contributed by atoms with Crippen molar-refractivity contribution in [2.75, 3.05) is 39.3 Å². The van der Waals surface area contributed by atoms with Crippen LogP contribution in [-0.2, 0) is 4.79 Å². The van der Waals surface area contributed by atoms with Gasteiger partial charge < -0.3 is 15.4 Å². The van der Waals surface area contributed by atoms with Gasteiger partial charge in [0.2, 0.25) is 0 Å². The van der Waals surface area contributed by atoms with Crippen LogP contribution in [0, 0.1) is 10.1 Å². The molecule has 0 bridgehead atoms. The predicted octanol–water partition coefficient (Wildman–Crippen LogP) is 1.35. The Balaban J connectivity index is 0.00000364. The second-order valence-corrected chi connectivity index (χ2v) is 5.69. The molecule has 1 amide bonds.